The van der Waals surface area contributed by atoms with Gasteiger partial charge >= 0.3 is 6.03 Å². The standard InChI is InChI=1S/C27H34F3N9O/c1-36-9-11-37(12-10-36)23-18-14-31-19(13-21(18)39(35-23)16-25(28)3-2-4-25)22-20(15-32-34-22)33-24(40)38-17-27(29,30)8-7-26(38)5-6-26/h13-15H,2-12,16-17H2,1H3,(H,32,34)(H,33,40). The SMILES string of the molecule is CN1CCN(c2nn(CC3(F)CCC3)c3cc(-c4[nH]ncc4NC(=O)N4CC(F)(F)CCC45CC5)ncc23)CC1. The normalized spacial score (nSPS) is 23.4. The van der Waals surface area contributed by atoms with E-state index in [9.17, 15) is 13.6 Å². The highest BCUT2D eigenvalue weighted by atomic mass is 19.3. The Kier molecular flexibility index (Phi) is 5.81. The van der Waals surface area contributed by atoms with Crippen LogP contribution in [-0.2, 0) is 6.54 Å². The number of hydrogen-bond acceptors (Lipinski definition) is 6. The van der Waals surface area contributed by atoms with Crippen LogP contribution in [0.3, 0.4) is 0 Å². The lowest BCUT2D eigenvalue weighted by atomic mass is 9.82. The molecule has 2 saturated heterocycles. The summed E-state index contributed by atoms with van der Waals surface area (Å²) in [4.78, 5) is 23.7. The number of nitrogens with one attached hydrogen (secondary N) is 2. The fourth-order valence-corrected chi connectivity index (χ4v) is 6.29. The maximum atomic E-state index is 15.3. The number of alkyl halides is 3. The highest BCUT2D eigenvalue weighted by molar-refractivity contribution is 5.96. The molecular formula is C27H34F3N9O. The number of piperazine rings is 1. The fourth-order valence-electron chi connectivity index (χ4n) is 6.29. The largest absolute Gasteiger partial charge is 0.352 e. The Hall–Kier alpha value is -3.35. The average molecular weight is 558 g/mol. The molecule has 0 unspecified atom stereocenters. The first-order chi connectivity index (χ1) is 19.1. The van der Waals surface area contributed by atoms with Gasteiger partial charge in [-0.2, -0.15) is 10.2 Å². The molecule has 4 aliphatic rings. The third-order valence-corrected chi connectivity index (χ3v) is 9.23. The van der Waals surface area contributed by atoms with Crippen molar-refractivity contribution in [3.8, 4) is 11.4 Å². The third kappa shape index (κ3) is 4.47. The molecule has 5 heterocycles. The number of aromatic amines is 1. The van der Waals surface area contributed by atoms with Crippen molar-refractivity contribution in [3.63, 3.8) is 0 Å². The van der Waals surface area contributed by atoms with Gasteiger partial charge in [-0.1, -0.05) is 0 Å². The van der Waals surface area contributed by atoms with Crippen molar-refractivity contribution in [3.05, 3.63) is 18.5 Å². The first-order valence-electron chi connectivity index (χ1n) is 14.1. The minimum atomic E-state index is -2.90. The molecule has 40 heavy (non-hydrogen) atoms. The smallest absolute Gasteiger partial charge is 0.322 e. The summed E-state index contributed by atoms with van der Waals surface area (Å²) in [5.74, 6) is -2.10. The van der Waals surface area contributed by atoms with Gasteiger partial charge in [-0.25, -0.2) is 18.0 Å². The predicted octanol–water partition coefficient (Wildman–Crippen LogP) is 4.26. The zero-order valence-corrected chi connectivity index (χ0v) is 22.6. The number of amides is 2. The number of nitrogens with zero attached hydrogens (tertiary/aromatic N) is 7. The summed E-state index contributed by atoms with van der Waals surface area (Å²) in [6.07, 6.45) is 6.69. The molecule has 1 spiro atoms. The number of fused-ring (bicyclic) bond motifs is 1. The van der Waals surface area contributed by atoms with Gasteiger partial charge in [-0.05, 0) is 51.6 Å². The zero-order valence-electron chi connectivity index (χ0n) is 22.6. The minimum Gasteiger partial charge on any atom is -0.352 e. The third-order valence-electron chi connectivity index (χ3n) is 9.23. The fraction of sp³-hybridized carbons (Fsp3) is 0.630. The number of anilines is 2. The van der Waals surface area contributed by atoms with Crippen LogP contribution in [0, 0.1) is 0 Å². The lowest BCUT2D eigenvalue weighted by Gasteiger charge is -2.40. The molecule has 0 atom stereocenters. The monoisotopic (exact) mass is 557 g/mol. The highest BCUT2D eigenvalue weighted by Crippen LogP contribution is 2.51. The number of hydrogen-bond donors (Lipinski definition) is 2. The lowest BCUT2D eigenvalue weighted by Crippen LogP contribution is -2.54. The molecule has 2 amide bonds. The van der Waals surface area contributed by atoms with Crippen molar-refractivity contribution in [1.29, 1.82) is 0 Å². The Morgan fingerprint density at radius 3 is 2.50 bits per heavy atom. The maximum absolute atomic E-state index is 15.3. The summed E-state index contributed by atoms with van der Waals surface area (Å²) >= 11 is 0. The van der Waals surface area contributed by atoms with E-state index in [1.807, 2.05) is 6.07 Å². The summed E-state index contributed by atoms with van der Waals surface area (Å²) in [7, 11) is 2.09. The maximum Gasteiger partial charge on any atom is 0.322 e. The van der Waals surface area contributed by atoms with E-state index in [1.165, 1.54) is 11.1 Å². The van der Waals surface area contributed by atoms with Crippen molar-refractivity contribution in [2.45, 2.75) is 68.6 Å². The quantitative estimate of drug-likeness (QED) is 0.487. The molecule has 2 aliphatic heterocycles. The molecule has 10 nitrogen and oxygen atoms in total. The minimum absolute atomic E-state index is 0.165. The first-order valence-corrected chi connectivity index (χ1v) is 14.1. The molecule has 0 radical (unpaired) electrons. The van der Waals surface area contributed by atoms with E-state index in [2.05, 4.69) is 37.3 Å². The molecule has 2 saturated carbocycles. The van der Waals surface area contributed by atoms with Crippen LogP contribution in [0.15, 0.2) is 18.5 Å². The number of H-pyrrole nitrogens is 1. The zero-order chi connectivity index (χ0) is 27.7. The summed E-state index contributed by atoms with van der Waals surface area (Å²) < 4.78 is 45.4. The van der Waals surface area contributed by atoms with Gasteiger partial charge in [0.05, 0.1) is 41.6 Å². The second kappa shape index (κ2) is 9.08. The summed E-state index contributed by atoms with van der Waals surface area (Å²) in [5.41, 5.74) is 0.317. The number of likely N-dealkylation sites (N-methyl/N-ethyl adjacent to an activating group) is 1. The van der Waals surface area contributed by atoms with Gasteiger partial charge < -0.3 is 20.0 Å². The number of aromatic nitrogens is 5. The molecular weight excluding hydrogens is 523 g/mol. The molecule has 3 aromatic heterocycles. The number of urea groups is 1. The van der Waals surface area contributed by atoms with Crippen LogP contribution in [0.4, 0.5) is 29.5 Å². The highest BCUT2D eigenvalue weighted by Gasteiger charge is 2.57. The number of pyridine rings is 1. The van der Waals surface area contributed by atoms with Crippen LogP contribution >= 0.6 is 0 Å². The van der Waals surface area contributed by atoms with Gasteiger partial charge in [-0.3, -0.25) is 14.8 Å². The molecule has 13 heteroatoms. The van der Waals surface area contributed by atoms with Gasteiger partial charge in [0.2, 0.25) is 0 Å². The molecule has 7 rings (SSSR count). The first kappa shape index (κ1) is 25.6. The lowest BCUT2D eigenvalue weighted by molar-refractivity contribution is -0.0721. The number of carbonyl (C=O) groups excluding carboxylic acids is 1. The molecule has 0 bridgehead atoms. The Morgan fingerprint density at radius 2 is 1.80 bits per heavy atom. The van der Waals surface area contributed by atoms with Crippen LogP contribution in [0.1, 0.15) is 44.9 Å². The topological polar surface area (TPSA) is 98.2 Å². The number of piperidine rings is 1. The van der Waals surface area contributed by atoms with Crippen molar-refractivity contribution < 1.29 is 18.0 Å². The van der Waals surface area contributed by atoms with Crippen molar-refractivity contribution in [1.82, 2.24) is 34.8 Å². The Morgan fingerprint density at radius 1 is 1.05 bits per heavy atom. The van der Waals surface area contributed by atoms with Gasteiger partial charge in [0.1, 0.15) is 11.4 Å². The van der Waals surface area contributed by atoms with Crippen LogP contribution < -0.4 is 10.2 Å². The molecule has 214 valence electrons. The van der Waals surface area contributed by atoms with E-state index in [1.54, 1.807) is 10.9 Å². The van der Waals surface area contributed by atoms with E-state index in [0.29, 0.717) is 36.3 Å². The van der Waals surface area contributed by atoms with E-state index in [0.717, 1.165) is 62.2 Å². The van der Waals surface area contributed by atoms with Gasteiger partial charge in [0.15, 0.2) is 5.82 Å². The summed E-state index contributed by atoms with van der Waals surface area (Å²) in [6, 6.07) is 1.28. The van der Waals surface area contributed by atoms with E-state index in [4.69, 9.17) is 5.10 Å². The molecule has 3 aromatic rings. The van der Waals surface area contributed by atoms with Gasteiger partial charge in [0, 0.05) is 44.3 Å². The Balaban J connectivity index is 1.20. The van der Waals surface area contributed by atoms with Gasteiger partial charge in [-0.15, -0.1) is 0 Å². The van der Waals surface area contributed by atoms with Crippen LogP contribution in [0.25, 0.3) is 22.3 Å². The van der Waals surface area contributed by atoms with Crippen molar-refractivity contribution in [2.24, 2.45) is 0 Å². The second-order valence-electron chi connectivity index (χ2n) is 12.1. The number of rotatable bonds is 5. The summed E-state index contributed by atoms with van der Waals surface area (Å²) in [6.45, 7) is 3.04. The average Bonchev–Trinajstić information content (AvgIpc) is 3.40. The summed E-state index contributed by atoms with van der Waals surface area (Å²) in [5, 5.41) is 15.5. The Bertz CT molecular complexity index is 1440. The van der Waals surface area contributed by atoms with Crippen molar-refractivity contribution >= 4 is 28.4 Å². The predicted molar refractivity (Wildman–Crippen MR) is 144 cm³/mol. The molecule has 4 fully saturated rings. The molecule has 2 N–H and O–H groups in total. The van der Waals surface area contributed by atoms with Gasteiger partial charge in [0.25, 0.3) is 5.92 Å². The van der Waals surface area contributed by atoms with Crippen LogP contribution in [0.5, 0.6) is 0 Å². The molecule has 0 aromatic carbocycles. The van der Waals surface area contributed by atoms with Crippen LogP contribution in [-0.4, -0.2) is 97.7 Å². The van der Waals surface area contributed by atoms with E-state index in [-0.39, 0.29) is 13.0 Å². The number of likely N-dealkylation sites (tertiary alicyclic amines) is 1. The Labute approximate surface area is 229 Å². The second-order valence-corrected chi connectivity index (χ2v) is 12.1. The van der Waals surface area contributed by atoms with Crippen LogP contribution in [0.2, 0.25) is 0 Å². The van der Waals surface area contributed by atoms with Crippen molar-refractivity contribution in [2.75, 3.05) is 50.0 Å². The molecule has 2 aliphatic carbocycles. The number of carbonyl (C=O) groups is 1. The van der Waals surface area contributed by atoms with E-state index < -0.39 is 29.7 Å². The number of halogens is 3. The van der Waals surface area contributed by atoms with E-state index >= 15 is 4.39 Å².